The predicted molar refractivity (Wildman–Crippen MR) is 268 cm³/mol. The van der Waals surface area contributed by atoms with Crippen LogP contribution < -0.4 is 15.0 Å². The standard InChI is InChI=1S/C55H71N3O9Si/c1-53(2,3)66-52(61)58(37-48(67-68(7,8)54(4,5)6)44-26-28-46(50-45(44)27-29-49(59)56-50)64-38-39-18-12-9-13-19-39)32-16-11-17-35-63-43-24-22-42(23-25-43)55(62,41-20-14-10-15-21-41)51(60)65-47-36-57-33-30-40(47)31-34-57/h9-10,12-15,18-29,40,47-48,62H,11,16-17,30-38H2,1-8H3,(H,56,59). The Labute approximate surface area is 403 Å². The van der Waals surface area contributed by atoms with Crippen molar-refractivity contribution in [1.29, 1.82) is 0 Å². The highest BCUT2D eigenvalue weighted by molar-refractivity contribution is 6.74. The number of fused-ring (bicyclic) bond motifs is 4. The van der Waals surface area contributed by atoms with Crippen molar-refractivity contribution in [1.82, 2.24) is 14.8 Å². The van der Waals surface area contributed by atoms with Crippen LogP contribution >= 0.6 is 0 Å². The van der Waals surface area contributed by atoms with E-state index in [9.17, 15) is 19.5 Å². The second-order valence-electron chi connectivity index (χ2n) is 20.9. The predicted octanol–water partition coefficient (Wildman–Crippen LogP) is 10.5. The Kier molecular flexibility index (Phi) is 15.9. The first kappa shape index (κ1) is 50.4. The normalized spacial score (nSPS) is 18.6. The number of rotatable bonds is 19. The quantitative estimate of drug-likeness (QED) is 0.0467. The number of hydrogen-bond acceptors (Lipinski definition) is 10. The van der Waals surface area contributed by atoms with E-state index in [-0.39, 0.29) is 23.2 Å². The van der Waals surface area contributed by atoms with Crippen LogP contribution in [-0.2, 0) is 30.9 Å². The number of ether oxygens (including phenoxy) is 4. The van der Waals surface area contributed by atoms with Crippen molar-refractivity contribution in [3.8, 4) is 11.5 Å². The molecule has 3 atom stereocenters. The van der Waals surface area contributed by atoms with Crippen LogP contribution in [0.5, 0.6) is 11.5 Å². The van der Waals surface area contributed by atoms with Crippen LogP contribution in [0.4, 0.5) is 4.79 Å². The average molecular weight is 946 g/mol. The Morgan fingerprint density at radius 2 is 1.47 bits per heavy atom. The molecule has 13 heteroatoms. The van der Waals surface area contributed by atoms with Crippen molar-refractivity contribution in [3.05, 3.63) is 142 Å². The topological polar surface area (TPSA) is 140 Å². The number of esters is 1. The molecule has 2 N–H and O–H groups in total. The maximum atomic E-state index is 14.1. The summed E-state index contributed by atoms with van der Waals surface area (Å²) in [7, 11) is -2.44. The van der Waals surface area contributed by atoms with Gasteiger partial charge in [-0.1, -0.05) is 99.6 Å². The van der Waals surface area contributed by atoms with Gasteiger partial charge in [-0.3, -0.25) is 9.69 Å². The fourth-order valence-electron chi connectivity index (χ4n) is 8.81. The maximum absolute atomic E-state index is 14.1. The number of aromatic amines is 1. The van der Waals surface area contributed by atoms with Gasteiger partial charge in [0.25, 0.3) is 0 Å². The van der Waals surface area contributed by atoms with E-state index < -0.39 is 37.7 Å². The van der Waals surface area contributed by atoms with Gasteiger partial charge in [0.05, 0.1) is 24.8 Å². The minimum atomic E-state index is -2.44. The third kappa shape index (κ3) is 12.4. The number of unbranched alkanes of at least 4 members (excludes halogenated alkanes) is 2. The minimum Gasteiger partial charge on any atom is -0.494 e. The molecular formula is C55H71N3O9Si. The zero-order valence-electron chi connectivity index (χ0n) is 41.2. The van der Waals surface area contributed by atoms with Crippen molar-refractivity contribution in [2.75, 3.05) is 39.3 Å². The number of pyridine rings is 1. The highest BCUT2D eigenvalue weighted by atomic mass is 28.4. The van der Waals surface area contributed by atoms with E-state index in [1.54, 1.807) is 41.3 Å². The van der Waals surface area contributed by atoms with Gasteiger partial charge in [0.2, 0.25) is 11.2 Å². The molecule has 0 radical (unpaired) electrons. The largest absolute Gasteiger partial charge is 0.494 e. The molecule has 3 aliphatic rings. The summed E-state index contributed by atoms with van der Waals surface area (Å²) in [6.45, 7) is 20.7. The number of carbonyl (C=O) groups excluding carboxylic acids is 2. The summed E-state index contributed by atoms with van der Waals surface area (Å²) in [5, 5.41) is 12.8. The van der Waals surface area contributed by atoms with Gasteiger partial charge in [-0.2, -0.15) is 0 Å². The van der Waals surface area contributed by atoms with Crippen LogP contribution in [0, 0.1) is 5.92 Å². The Hall–Kier alpha value is -5.47. The summed E-state index contributed by atoms with van der Waals surface area (Å²) in [5.41, 5.74) is 0.332. The summed E-state index contributed by atoms with van der Waals surface area (Å²) < 4.78 is 31.7. The first-order valence-electron chi connectivity index (χ1n) is 24.2. The summed E-state index contributed by atoms with van der Waals surface area (Å²) >= 11 is 0. The maximum Gasteiger partial charge on any atom is 0.410 e. The van der Waals surface area contributed by atoms with Gasteiger partial charge < -0.3 is 38.4 Å². The fraction of sp³-hybridized carbons (Fsp3) is 0.473. The molecule has 0 saturated carbocycles. The Balaban J connectivity index is 1.03. The molecule has 4 heterocycles. The lowest BCUT2D eigenvalue weighted by Crippen LogP contribution is -2.53. The van der Waals surface area contributed by atoms with Crippen LogP contribution in [-0.4, -0.2) is 91.3 Å². The SMILES string of the molecule is CC(C)(C)OC(=O)N(CCCCCOc1ccc(C(O)(C(=O)OC2CN3CCC2CC3)c2ccccc2)cc1)CC(O[Si](C)(C)C(C)(C)C)c1ccc(OCc2ccccc2)c2[nH]c(=O)ccc12. The number of benzene rings is 4. The molecule has 3 saturated heterocycles. The van der Waals surface area contributed by atoms with Crippen LogP contribution in [0.2, 0.25) is 18.1 Å². The van der Waals surface area contributed by atoms with Crippen molar-refractivity contribution in [3.63, 3.8) is 0 Å². The Bertz CT molecular complexity index is 2510. The molecule has 3 fully saturated rings. The average Bonchev–Trinajstić information content (AvgIpc) is 3.31. The van der Waals surface area contributed by atoms with Crippen LogP contribution in [0.25, 0.3) is 10.9 Å². The van der Waals surface area contributed by atoms with E-state index >= 15 is 0 Å². The van der Waals surface area contributed by atoms with Crippen LogP contribution in [0.15, 0.2) is 114 Å². The van der Waals surface area contributed by atoms with Gasteiger partial charge in [0, 0.05) is 24.5 Å². The molecule has 1 aromatic heterocycles. The fourth-order valence-corrected chi connectivity index (χ4v) is 10.1. The molecule has 3 aliphatic heterocycles. The van der Waals surface area contributed by atoms with Gasteiger partial charge in [-0.15, -0.1) is 0 Å². The number of aliphatic hydroxyl groups is 1. The van der Waals surface area contributed by atoms with Crippen molar-refractivity contribution < 1.29 is 38.1 Å². The smallest absolute Gasteiger partial charge is 0.410 e. The number of amides is 1. The van der Waals surface area contributed by atoms with Crippen molar-refractivity contribution in [2.24, 2.45) is 5.92 Å². The lowest BCUT2D eigenvalue weighted by atomic mass is 9.84. The van der Waals surface area contributed by atoms with Crippen LogP contribution in [0.3, 0.4) is 0 Å². The number of carbonyl (C=O) groups is 2. The van der Waals surface area contributed by atoms with E-state index in [0.717, 1.165) is 55.3 Å². The highest BCUT2D eigenvalue weighted by Crippen LogP contribution is 2.42. The molecule has 1 amide bonds. The van der Waals surface area contributed by atoms with Crippen molar-refractivity contribution in [2.45, 2.75) is 122 Å². The number of hydrogen-bond donors (Lipinski definition) is 2. The molecule has 0 spiro atoms. The van der Waals surface area contributed by atoms with Crippen molar-refractivity contribution >= 4 is 31.3 Å². The third-order valence-electron chi connectivity index (χ3n) is 13.7. The minimum absolute atomic E-state index is 0.132. The molecule has 364 valence electrons. The lowest BCUT2D eigenvalue weighted by Gasteiger charge is -2.44. The number of nitrogens with one attached hydrogen (secondary N) is 1. The second kappa shape index (κ2) is 21.4. The molecule has 8 rings (SSSR count). The molecule has 12 nitrogen and oxygen atoms in total. The Morgan fingerprint density at radius 3 is 2.10 bits per heavy atom. The molecule has 4 aromatic carbocycles. The molecule has 0 aliphatic carbocycles. The van der Waals surface area contributed by atoms with E-state index in [1.807, 2.05) is 87.5 Å². The molecular weight excluding hydrogens is 875 g/mol. The highest BCUT2D eigenvalue weighted by Gasteiger charge is 2.46. The first-order valence-corrected chi connectivity index (χ1v) is 27.1. The van der Waals surface area contributed by atoms with Gasteiger partial charge >= 0.3 is 12.1 Å². The summed E-state index contributed by atoms with van der Waals surface area (Å²) in [4.78, 5) is 47.8. The molecule has 5 aromatic rings. The number of H-pyrrole nitrogens is 1. The summed E-state index contributed by atoms with van der Waals surface area (Å²) in [5.74, 6) is 0.803. The number of nitrogens with zero attached hydrogens (tertiary/aromatic N) is 2. The van der Waals surface area contributed by atoms with E-state index in [4.69, 9.17) is 23.4 Å². The van der Waals surface area contributed by atoms with Gasteiger partial charge in [-0.25, -0.2) is 9.59 Å². The molecule has 2 bridgehead atoms. The second-order valence-corrected chi connectivity index (χ2v) is 25.7. The molecule has 3 unspecified atom stereocenters. The number of aromatic nitrogens is 1. The number of piperidine rings is 3. The van der Waals surface area contributed by atoms with Gasteiger partial charge in [-0.05, 0) is 137 Å². The van der Waals surface area contributed by atoms with Gasteiger partial charge in [0.1, 0.15) is 29.8 Å². The lowest BCUT2D eigenvalue weighted by molar-refractivity contribution is -0.177. The van der Waals surface area contributed by atoms with Gasteiger partial charge in [0.15, 0.2) is 8.32 Å². The Morgan fingerprint density at radius 1 is 0.809 bits per heavy atom. The van der Waals surface area contributed by atoms with Crippen LogP contribution in [0.1, 0.15) is 102 Å². The van der Waals surface area contributed by atoms with E-state index in [2.05, 4.69) is 43.7 Å². The zero-order chi connectivity index (χ0) is 48.7. The first-order chi connectivity index (χ1) is 32.3. The van der Waals surface area contributed by atoms with E-state index in [0.29, 0.717) is 66.8 Å². The summed E-state index contributed by atoms with van der Waals surface area (Å²) in [6, 6.07) is 33.0. The monoisotopic (exact) mass is 945 g/mol. The summed E-state index contributed by atoms with van der Waals surface area (Å²) in [6.07, 6.45) is 2.93. The van der Waals surface area contributed by atoms with E-state index in [1.165, 1.54) is 6.07 Å². The molecule has 68 heavy (non-hydrogen) atoms. The third-order valence-corrected chi connectivity index (χ3v) is 18.2. The zero-order valence-corrected chi connectivity index (χ0v) is 42.2.